The molecule has 244 valence electrons. The molecule has 2 fully saturated rings. The van der Waals surface area contributed by atoms with E-state index in [2.05, 4.69) is 15.5 Å². The van der Waals surface area contributed by atoms with Crippen LogP contribution in [-0.4, -0.2) is 78.9 Å². The van der Waals surface area contributed by atoms with Gasteiger partial charge in [0.25, 0.3) is 0 Å². The van der Waals surface area contributed by atoms with E-state index in [1.165, 1.54) is 25.3 Å². The van der Waals surface area contributed by atoms with Gasteiger partial charge in [0.15, 0.2) is 11.6 Å². The van der Waals surface area contributed by atoms with Gasteiger partial charge in [0, 0.05) is 32.3 Å². The molecule has 0 bridgehead atoms. The first-order valence-electron chi connectivity index (χ1n) is 14.4. The summed E-state index contributed by atoms with van der Waals surface area (Å²) in [5.74, 6) is -3.58. The van der Waals surface area contributed by atoms with Gasteiger partial charge in [-0.15, -0.1) is 12.4 Å². The molecule has 3 aliphatic rings. The van der Waals surface area contributed by atoms with Crippen LogP contribution in [0, 0.1) is 17.5 Å². The lowest BCUT2D eigenvalue weighted by Crippen LogP contribution is -2.57. The second-order valence-corrected chi connectivity index (χ2v) is 11.4. The van der Waals surface area contributed by atoms with Crippen LogP contribution >= 0.6 is 12.4 Å². The van der Waals surface area contributed by atoms with E-state index in [1.54, 1.807) is 12.1 Å². The fraction of sp³-hybridized carbons (Fsp3) is 0.452. The van der Waals surface area contributed by atoms with E-state index in [4.69, 9.17) is 9.47 Å². The number of amides is 4. The highest BCUT2D eigenvalue weighted by molar-refractivity contribution is 6.01. The van der Waals surface area contributed by atoms with Crippen molar-refractivity contribution in [2.75, 3.05) is 33.9 Å². The number of aliphatic hydroxyl groups is 1. The predicted octanol–water partition coefficient (Wildman–Crippen LogP) is 4.28. The number of halogens is 4. The first kappa shape index (κ1) is 34.2. The molecular formula is C31H36ClF3N4O6. The minimum Gasteiger partial charge on any atom is -0.466 e. The van der Waals surface area contributed by atoms with Crippen LogP contribution in [-0.2, 0) is 19.9 Å². The van der Waals surface area contributed by atoms with Crippen LogP contribution in [0.25, 0.3) is 0 Å². The number of esters is 1. The molecule has 10 nitrogen and oxygen atoms in total. The Bertz CT molecular complexity index is 1450. The Morgan fingerprint density at radius 1 is 1.04 bits per heavy atom. The maximum Gasteiger partial charge on any atom is 0.338 e. The summed E-state index contributed by atoms with van der Waals surface area (Å²) in [5.41, 5.74) is -0.465. The van der Waals surface area contributed by atoms with Crippen molar-refractivity contribution in [1.29, 1.82) is 0 Å². The molecule has 1 aliphatic carbocycles. The smallest absolute Gasteiger partial charge is 0.338 e. The topological polar surface area (TPSA) is 120 Å². The van der Waals surface area contributed by atoms with E-state index in [0.717, 1.165) is 24.1 Å². The van der Waals surface area contributed by atoms with Gasteiger partial charge in [-0.25, -0.2) is 32.5 Å². The lowest BCUT2D eigenvalue weighted by Gasteiger charge is -2.40. The lowest BCUT2D eigenvalue weighted by molar-refractivity contribution is -0.137. The van der Waals surface area contributed by atoms with Crippen molar-refractivity contribution in [2.45, 2.75) is 55.8 Å². The summed E-state index contributed by atoms with van der Waals surface area (Å²) in [6.45, 7) is 0.959. The normalized spacial score (nSPS) is 25.4. The number of carbonyl (C=O) groups is 3. The SMILES string of the molecule is COCC1=C(C(=O)OC)C(c2ccc(F)c(F)c2)N(C(=O)N[C@@H]2CCN(C3CCC(O)(c4ccc(F)cc4)CC3)C2)C(=O)N1.Cl. The Balaban J connectivity index is 0.00000461. The van der Waals surface area contributed by atoms with Crippen LogP contribution in [0.1, 0.15) is 49.3 Å². The Morgan fingerprint density at radius 2 is 1.73 bits per heavy atom. The van der Waals surface area contributed by atoms with Crippen LogP contribution in [0.5, 0.6) is 0 Å². The highest BCUT2D eigenvalue weighted by Gasteiger charge is 2.44. The molecule has 1 unspecified atom stereocenters. The first-order chi connectivity index (χ1) is 21.0. The molecule has 4 amide bonds. The third-order valence-corrected chi connectivity index (χ3v) is 8.73. The number of benzene rings is 2. The van der Waals surface area contributed by atoms with Gasteiger partial charge >= 0.3 is 18.0 Å². The summed E-state index contributed by atoms with van der Waals surface area (Å²) in [7, 11) is 2.48. The summed E-state index contributed by atoms with van der Waals surface area (Å²) in [6, 6.07) is 5.50. The van der Waals surface area contributed by atoms with Crippen LogP contribution in [0.15, 0.2) is 53.7 Å². The number of ether oxygens (including phenoxy) is 2. The molecule has 2 atom stereocenters. The molecule has 1 saturated heterocycles. The number of nitrogens with zero attached hydrogens (tertiary/aromatic N) is 2. The molecule has 0 spiro atoms. The van der Waals surface area contributed by atoms with E-state index < -0.39 is 41.3 Å². The van der Waals surface area contributed by atoms with Crippen LogP contribution < -0.4 is 10.6 Å². The van der Waals surface area contributed by atoms with Gasteiger partial charge < -0.3 is 25.2 Å². The maximum absolute atomic E-state index is 14.3. The third-order valence-electron chi connectivity index (χ3n) is 8.73. The first-order valence-corrected chi connectivity index (χ1v) is 14.4. The van der Waals surface area contributed by atoms with Crippen molar-refractivity contribution in [3.8, 4) is 0 Å². The fourth-order valence-electron chi connectivity index (χ4n) is 6.45. The van der Waals surface area contributed by atoms with Gasteiger partial charge in [-0.2, -0.15) is 0 Å². The van der Waals surface area contributed by atoms with Gasteiger partial charge in [0.1, 0.15) is 11.9 Å². The summed E-state index contributed by atoms with van der Waals surface area (Å²) in [4.78, 5) is 42.9. The molecule has 14 heteroatoms. The van der Waals surface area contributed by atoms with Crippen molar-refractivity contribution in [3.63, 3.8) is 0 Å². The number of carbonyl (C=O) groups excluding carboxylic acids is 3. The molecule has 2 aromatic rings. The average molecular weight is 653 g/mol. The van der Waals surface area contributed by atoms with Gasteiger partial charge in [-0.3, -0.25) is 4.90 Å². The van der Waals surface area contributed by atoms with Gasteiger partial charge in [0.2, 0.25) is 0 Å². The van der Waals surface area contributed by atoms with Crippen LogP contribution in [0.4, 0.5) is 22.8 Å². The number of methoxy groups -OCH3 is 2. The molecule has 1 saturated carbocycles. The highest BCUT2D eigenvalue weighted by Crippen LogP contribution is 2.40. The highest BCUT2D eigenvalue weighted by atomic mass is 35.5. The fourth-order valence-corrected chi connectivity index (χ4v) is 6.45. The second-order valence-electron chi connectivity index (χ2n) is 11.4. The Morgan fingerprint density at radius 3 is 2.36 bits per heavy atom. The predicted molar refractivity (Wildman–Crippen MR) is 159 cm³/mol. The molecule has 2 aliphatic heterocycles. The third kappa shape index (κ3) is 7.11. The molecule has 0 radical (unpaired) electrons. The van der Waals surface area contributed by atoms with Crippen molar-refractivity contribution < 1.29 is 42.1 Å². The second kappa shape index (κ2) is 14.2. The van der Waals surface area contributed by atoms with E-state index in [1.807, 2.05) is 0 Å². The Hall–Kier alpha value is -3.65. The number of urea groups is 2. The summed E-state index contributed by atoms with van der Waals surface area (Å²) < 4.78 is 51.6. The minimum absolute atomic E-state index is 0. The molecule has 2 aromatic carbocycles. The van der Waals surface area contributed by atoms with Gasteiger partial charge in [-0.05, 0) is 67.5 Å². The lowest BCUT2D eigenvalue weighted by atomic mass is 9.77. The molecule has 2 heterocycles. The number of imide groups is 1. The Kier molecular flexibility index (Phi) is 10.8. The van der Waals surface area contributed by atoms with Crippen molar-refractivity contribution in [3.05, 3.63) is 82.3 Å². The van der Waals surface area contributed by atoms with Crippen LogP contribution in [0.3, 0.4) is 0 Å². The summed E-state index contributed by atoms with van der Waals surface area (Å²) in [5, 5.41) is 16.6. The largest absolute Gasteiger partial charge is 0.466 e. The van der Waals surface area contributed by atoms with Crippen LogP contribution in [0.2, 0.25) is 0 Å². The zero-order chi connectivity index (χ0) is 31.6. The van der Waals surface area contributed by atoms with E-state index in [-0.39, 0.29) is 53.7 Å². The average Bonchev–Trinajstić information content (AvgIpc) is 3.46. The van der Waals surface area contributed by atoms with Crippen molar-refractivity contribution in [1.82, 2.24) is 20.4 Å². The summed E-state index contributed by atoms with van der Waals surface area (Å²) in [6.07, 6.45) is 3.01. The molecule has 5 rings (SSSR count). The zero-order valence-electron chi connectivity index (χ0n) is 24.9. The number of hydrogen-bond donors (Lipinski definition) is 3. The van der Waals surface area contributed by atoms with Crippen molar-refractivity contribution >= 4 is 30.4 Å². The number of likely N-dealkylation sites (tertiary alicyclic amines) is 1. The molecular weight excluding hydrogens is 617 g/mol. The number of hydrogen-bond acceptors (Lipinski definition) is 7. The maximum atomic E-state index is 14.3. The van der Waals surface area contributed by atoms with Gasteiger partial charge in [-0.1, -0.05) is 18.2 Å². The van der Waals surface area contributed by atoms with Gasteiger partial charge in [0.05, 0.1) is 30.6 Å². The minimum atomic E-state index is -1.42. The monoisotopic (exact) mass is 652 g/mol. The van der Waals surface area contributed by atoms with Crippen molar-refractivity contribution in [2.24, 2.45) is 0 Å². The summed E-state index contributed by atoms with van der Waals surface area (Å²) >= 11 is 0. The number of rotatable bonds is 7. The Labute approximate surface area is 264 Å². The van der Waals surface area contributed by atoms with E-state index in [9.17, 15) is 32.7 Å². The quantitative estimate of drug-likeness (QED) is 0.382. The number of nitrogens with one attached hydrogen (secondary N) is 2. The molecule has 3 N–H and O–H groups in total. The molecule has 0 aromatic heterocycles. The zero-order valence-corrected chi connectivity index (χ0v) is 25.7. The standard InChI is InChI=1S/C31H35F3N4O6.ClH/c1-43-17-25-26(28(39)44-2)27(18-3-8-23(33)24(34)15-18)38(30(41)36-25)29(40)35-21-11-14-37(16-21)22-9-12-31(42,13-10-22)19-4-6-20(32)7-5-19;/h3-8,15,21-22,27,42H,9-14,16-17H2,1-2H3,(H,35,40)(H,36,41);1H/t21-,22?,27?,31?;/m1./s1. The van der Waals surface area contributed by atoms with E-state index >= 15 is 0 Å². The van der Waals surface area contributed by atoms with E-state index in [0.29, 0.717) is 50.8 Å². The molecule has 45 heavy (non-hydrogen) atoms.